The molecule has 25 heavy (non-hydrogen) atoms. The van der Waals surface area contributed by atoms with E-state index >= 15 is 0 Å². The summed E-state index contributed by atoms with van der Waals surface area (Å²) in [6.45, 7) is 0.269. The van der Waals surface area contributed by atoms with Crippen LogP contribution < -0.4 is 0 Å². The van der Waals surface area contributed by atoms with Gasteiger partial charge in [0, 0.05) is 6.54 Å². The summed E-state index contributed by atoms with van der Waals surface area (Å²) in [6.07, 6.45) is 3.63. The Bertz CT molecular complexity index is 803. The average Bonchev–Trinajstić information content (AvgIpc) is 3.19. The van der Waals surface area contributed by atoms with Gasteiger partial charge in [-0.15, -0.1) is 0 Å². The van der Waals surface area contributed by atoms with Crippen LogP contribution in [0.3, 0.4) is 0 Å². The number of nitrogens with zero attached hydrogens (tertiary/aromatic N) is 4. The maximum Gasteiger partial charge on any atom is 0.435 e. The van der Waals surface area contributed by atoms with Crippen molar-refractivity contribution in [1.29, 1.82) is 0 Å². The monoisotopic (exact) mass is 354 g/mol. The van der Waals surface area contributed by atoms with Crippen LogP contribution in [0.4, 0.5) is 19.1 Å². The van der Waals surface area contributed by atoms with Crippen LogP contribution in [-0.4, -0.2) is 38.2 Å². The van der Waals surface area contributed by atoms with Gasteiger partial charge in [0.05, 0.1) is 6.04 Å². The number of imidazole rings is 1. The Labute approximate surface area is 139 Å². The molecule has 1 fully saturated rings. The summed E-state index contributed by atoms with van der Waals surface area (Å²) < 4.78 is 41.2. The van der Waals surface area contributed by atoms with E-state index in [0.29, 0.717) is 6.29 Å². The second-order valence-electron chi connectivity index (χ2n) is 5.80. The molecule has 1 aromatic carbocycles. The maximum absolute atomic E-state index is 13.4. The minimum absolute atomic E-state index is 0.0301. The zero-order valence-corrected chi connectivity index (χ0v) is 12.8. The highest BCUT2D eigenvalue weighted by Crippen LogP contribution is 2.33. The van der Waals surface area contributed by atoms with E-state index in [9.17, 15) is 28.1 Å². The van der Waals surface area contributed by atoms with Gasteiger partial charge < -0.3 is 14.9 Å². The molecule has 1 aliphatic heterocycles. The first-order valence-corrected chi connectivity index (χ1v) is 7.40. The quantitative estimate of drug-likeness (QED) is 0.356. The van der Waals surface area contributed by atoms with E-state index in [2.05, 4.69) is 4.98 Å². The van der Waals surface area contributed by atoms with Gasteiger partial charge in [-0.05, 0) is 35.0 Å². The van der Waals surface area contributed by atoms with Crippen molar-refractivity contribution in [2.75, 3.05) is 6.54 Å². The van der Waals surface area contributed by atoms with E-state index in [1.54, 1.807) is 4.90 Å². The zero-order chi connectivity index (χ0) is 18.1. The highest BCUT2D eigenvalue weighted by Gasteiger charge is 2.35. The van der Waals surface area contributed by atoms with Gasteiger partial charge in [-0.3, -0.25) is 4.90 Å². The van der Waals surface area contributed by atoms with Gasteiger partial charge in [0.2, 0.25) is 0 Å². The fourth-order valence-corrected chi connectivity index (χ4v) is 3.07. The van der Waals surface area contributed by atoms with Crippen molar-refractivity contribution in [3.05, 3.63) is 57.7 Å². The van der Waals surface area contributed by atoms with Gasteiger partial charge in [-0.2, -0.15) is 0 Å². The molecule has 1 aliphatic rings. The predicted octanol–water partition coefficient (Wildman–Crippen LogP) is 2.22. The van der Waals surface area contributed by atoms with Crippen molar-refractivity contribution in [3.63, 3.8) is 0 Å². The van der Waals surface area contributed by atoms with Crippen molar-refractivity contribution in [2.24, 2.45) is 0 Å². The van der Waals surface area contributed by atoms with Crippen LogP contribution in [0.2, 0.25) is 0 Å². The molecule has 0 spiro atoms. The van der Waals surface area contributed by atoms with Crippen LogP contribution in [0.1, 0.15) is 17.9 Å². The second kappa shape index (κ2) is 6.63. The molecule has 0 amide bonds. The van der Waals surface area contributed by atoms with E-state index in [-0.39, 0.29) is 31.1 Å². The number of benzene rings is 1. The Morgan fingerprint density at radius 3 is 2.60 bits per heavy atom. The SMILES string of the molecule is O=CC1CC(c2cc(F)c(F)c(F)c2)CN1Cn1ccnc1[N+](=O)[O-]. The summed E-state index contributed by atoms with van der Waals surface area (Å²) >= 11 is 0. The third-order valence-corrected chi connectivity index (χ3v) is 4.28. The number of likely N-dealkylation sites (tertiary alicyclic amines) is 1. The van der Waals surface area contributed by atoms with Crippen LogP contribution in [0, 0.1) is 27.6 Å². The number of halogens is 3. The lowest BCUT2D eigenvalue weighted by atomic mass is 9.96. The lowest BCUT2D eigenvalue weighted by molar-refractivity contribution is -0.397. The molecule has 132 valence electrons. The molecule has 1 aromatic heterocycles. The topological polar surface area (TPSA) is 81.3 Å². The van der Waals surface area contributed by atoms with Crippen LogP contribution >= 0.6 is 0 Å². The number of aldehydes is 1. The summed E-state index contributed by atoms with van der Waals surface area (Å²) in [7, 11) is 0. The number of aromatic nitrogens is 2. The molecule has 0 bridgehead atoms. The number of nitro groups is 1. The second-order valence-corrected chi connectivity index (χ2v) is 5.80. The first kappa shape index (κ1) is 17.1. The number of carbonyl (C=O) groups is 1. The largest absolute Gasteiger partial charge is 0.435 e. The molecule has 2 atom stereocenters. The van der Waals surface area contributed by atoms with Crippen molar-refractivity contribution in [2.45, 2.75) is 25.0 Å². The first-order valence-electron chi connectivity index (χ1n) is 7.40. The molecule has 0 radical (unpaired) electrons. The molecule has 0 N–H and O–H groups in total. The number of hydrogen-bond donors (Lipinski definition) is 0. The summed E-state index contributed by atoms with van der Waals surface area (Å²) in [4.78, 5) is 26.9. The molecule has 0 saturated carbocycles. The Kier molecular flexibility index (Phi) is 4.53. The molecular weight excluding hydrogens is 341 g/mol. The van der Waals surface area contributed by atoms with Gasteiger partial charge in [0.1, 0.15) is 25.3 Å². The Hall–Kier alpha value is -2.75. The van der Waals surface area contributed by atoms with Crippen molar-refractivity contribution in [3.8, 4) is 0 Å². The van der Waals surface area contributed by atoms with Gasteiger partial charge in [0.15, 0.2) is 17.5 Å². The highest BCUT2D eigenvalue weighted by molar-refractivity contribution is 5.58. The van der Waals surface area contributed by atoms with Crippen LogP contribution in [0.5, 0.6) is 0 Å². The predicted molar refractivity (Wildman–Crippen MR) is 79.1 cm³/mol. The minimum atomic E-state index is -1.54. The van der Waals surface area contributed by atoms with E-state index in [1.165, 1.54) is 17.0 Å². The first-order chi connectivity index (χ1) is 11.9. The number of hydrogen-bond acceptors (Lipinski definition) is 5. The molecule has 10 heteroatoms. The van der Waals surface area contributed by atoms with E-state index < -0.39 is 34.3 Å². The lowest BCUT2D eigenvalue weighted by Crippen LogP contribution is -2.32. The summed E-state index contributed by atoms with van der Waals surface area (Å²) in [5.74, 6) is -4.89. The molecular formula is C15H13F3N4O3. The molecule has 2 heterocycles. The smallest absolute Gasteiger partial charge is 0.390 e. The van der Waals surface area contributed by atoms with Gasteiger partial charge in [-0.25, -0.2) is 17.7 Å². The van der Waals surface area contributed by atoms with Gasteiger partial charge in [0.25, 0.3) is 0 Å². The fourth-order valence-electron chi connectivity index (χ4n) is 3.07. The van der Waals surface area contributed by atoms with Crippen LogP contribution in [-0.2, 0) is 11.5 Å². The van der Waals surface area contributed by atoms with Gasteiger partial charge >= 0.3 is 5.95 Å². The highest BCUT2D eigenvalue weighted by atomic mass is 19.2. The standard InChI is InChI=1S/C15H13F3N4O3/c16-12-4-9(5-13(17)14(12)18)10-3-11(7-23)21(6-10)8-20-2-1-19-15(20)22(24)25/h1-2,4-5,7,10-11H,3,6,8H2. The molecule has 7 nitrogen and oxygen atoms in total. The summed E-state index contributed by atoms with van der Waals surface area (Å²) in [6, 6.07) is 1.24. The Morgan fingerprint density at radius 1 is 1.32 bits per heavy atom. The minimum Gasteiger partial charge on any atom is -0.390 e. The van der Waals surface area contributed by atoms with E-state index in [1.807, 2.05) is 0 Å². The third kappa shape index (κ3) is 3.25. The zero-order valence-electron chi connectivity index (χ0n) is 12.8. The molecule has 3 rings (SSSR count). The van der Waals surface area contributed by atoms with E-state index in [4.69, 9.17) is 0 Å². The third-order valence-electron chi connectivity index (χ3n) is 4.28. The number of rotatable bonds is 5. The summed E-state index contributed by atoms with van der Waals surface area (Å²) in [5, 5.41) is 10.9. The van der Waals surface area contributed by atoms with Crippen molar-refractivity contribution >= 4 is 12.2 Å². The maximum atomic E-state index is 13.4. The fraction of sp³-hybridized carbons (Fsp3) is 0.333. The average molecular weight is 354 g/mol. The molecule has 0 aliphatic carbocycles. The van der Waals surface area contributed by atoms with Crippen molar-refractivity contribution < 1.29 is 22.9 Å². The molecule has 1 saturated heterocycles. The normalized spacial score (nSPS) is 20.8. The van der Waals surface area contributed by atoms with E-state index in [0.717, 1.165) is 12.1 Å². The van der Waals surface area contributed by atoms with Crippen molar-refractivity contribution in [1.82, 2.24) is 14.5 Å². The Balaban J connectivity index is 1.82. The number of carbonyl (C=O) groups excluding carboxylic acids is 1. The molecule has 2 aromatic rings. The Morgan fingerprint density at radius 2 is 2.00 bits per heavy atom. The lowest BCUT2D eigenvalue weighted by Gasteiger charge is -2.18. The summed E-state index contributed by atoms with van der Waals surface area (Å²) in [5.41, 5.74) is 0.242. The van der Waals surface area contributed by atoms with Gasteiger partial charge in [-0.1, -0.05) is 4.98 Å². The molecule has 2 unspecified atom stereocenters. The van der Waals surface area contributed by atoms with Crippen LogP contribution in [0.15, 0.2) is 24.5 Å². The van der Waals surface area contributed by atoms with Crippen LogP contribution in [0.25, 0.3) is 0 Å².